The zero-order valence-corrected chi connectivity index (χ0v) is 17.7. The summed E-state index contributed by atoms with van der Waals surface area (Å²) in [6.07, 6.45) is 4.00. The maximum absolute atomic E-state index is 12.5. The molecule has 0 radical (unpaired) electrons. The van der Waals surface area contributed by atoms with E-state index in [-0.39, 0.29) is 5.78 Å². The number of amides is 1. The lowest BCUT2D eigenvalue weighted by Crippen LogP contribution is -2.30. The van der Waals surface area contributed by atoms with Gasteiger partial charge in [-0.3, -0.25) is 9.59 Å². The van der Waals surface area contributed by atoms with Gasteiger partial charge < -0.3 is 20.5 Å². The van der Waals surface area contributed by atoms with Crippen molar-refractivity contribution in [3.8, 4) is 11.1 Å². The largest absolute Gasteiger partial charge is 0.373 e. The smallest absolute Gasteiger partial charge is 0.253 e. The van der Waals surface area contributed by atoms with Gasteiger partial charge in [-0.15, -0.1) is 0 Å². The SMILES string of the molecule is CN(C)CCN(C)c1cc(-c2ccc3c(c2)C(=O)CCC3)c2nc[nH]c2c1C(N)=O. The van der Waals surface area contributed by atoms with Crippen molar-refractivity contribution in [3.63, 3.8) is 0 Å². The van der Waals surface area contributed by atoms with E-state index in [1.54, 1.807) is 6.33 Å². The second-order valence-corrected chi connectivity index (χ2v) is 8.18. The number of H-pyrrole nitrogens is 1. The number of likely N-dealkylation sites (N-methyl/N-ethyl adjacent to an activating group) is 2. The first-order valence-electron chi connectivity index (χ1n) is 10.2. The molecule has 0 unspecified atom stereocenters. The number of Topliss-reactive ketones (excluding diaryl/α,β-unsaturated/α-hetero) is 1. The Labute approximate surface area is 175 Å². The van der Waals surface area contributed by atoms with Crippen molar-refractivity contribution in [1.82, 2.24) is 14.9 Å². The molecule has 0 aliphatic heterocycles. The molecule has 1 heterocycles. The first-order valence-corrected chi connectivity index (χ1v) is 10.2. The molecule has 3 aromatic rings. The van der Waals surface area contributed by atoms with Crippen LogP contribution < -0.4 is 10.6 Å². The van der Waals surface area contributed by atoms with Crippen LogP contribution in [0.25, 0.3) is 22.2 Å². The summed E-state index contributed by atoms with van der Waals surface area (Å²) < 4.78 is 0. The summed E-state index contributed by atoms with van der Waals surface area (Å²) in [5.74, 6) is -0.309. The number of aryl methyl sites for hydroxylation is 1. The van der Waals surface area contributed by atoms with Crippen LogP contribution in [-0.4, -0.2) is 60.8 Å². The predicted octanol–water partition coefficient (Wildman–Crippen LogP) is 2.85. The van der Waals surface area contributed by atoms with Crippen LogP contribution in [0.2, 0.25) is 0 Å². The van der Waals surface area contributed by atoms with Crippen LogP contribution in [0.4, 0.5) is 5.69 Å². The molecular formula is C23H27N5O2. The molecule has 1 aliphatic rings. The average molecular weight is 406 g/mol. The number of nitrogens with one attached hydrogen (secondary N) is 1. The van der Waals surface area contributed by atoms with Crippen LogP contribution in [0.3, 0.4) is 0 Å². The monoisotopic (exact) mass is 405 g/mol. The molecule has 1 amide bonds. The number of aromatic amines is 1. The summed E-state index contributed by atoms with van der Waals surface area (Å²) in [6.45, 7) is 1.56. The first-order chi connectivity index (χ1) is 14.4. The molecule has 3 N–H and O–H groups in total. The topological polar surface area (TPSA) is 95.3 Å². The Bertz CT molecular complexity index is 1130. The van der Waals surface area contributed by atoms with Crippen LogP contribution in [0, 0.1) is 0 Å². The van der Waals surface area contributed by atoms with Gasteiger partial charge in [0, 0.05) is 37.7 Å². The number of anilines is 1. The lowest BCUT2D eigenvalue weighted by molar-refractivity contribution is 0.0970. The molecule has 2 aromatic carbocycles. The normalized spacial score (nSPS) is 13.7. The number of fused-ring (bicyclic) bond motifs is 2. The van der Waals surface area contributed by atoms with Gasteiger partial charge in [0.15, 0.2) is 5.78 Å². The number of imidazole rings is 1. The van der Waals surface area contributed by atoms with Crippen LogP contribution in [-0.2, 0) is 6.42 Å². The van der Waals surface area contributed by atoms with E-state index in [9.17, 15) is 9.59 Å². The Kier molecular flexibility index (Phi) is 5.30. The fourth-order valence-corrected chi connectivity index (χ4v) is 4.13. The molecule has 30 heavy (non-hydrogen) atoms. The predicted molar refractivity (Wildman–Crippen MR) is 119 cm³/mol. The summed E-state index contributed by atoms with van der Waals surface area (Å²) >= 11 is 0. The maximum atomic E-state index is 12.5. The minimum Gasteiger partial charge on any atom is -0.373 e. The quantitative estimate of drug-likeness (QED) is 0.658. The van der Waals surface area contributed by atoms with E-state index in [0.717, 1.165) is 53.9 Å². The Hall–Kier alpha value is -3.19. The highest BCUT2D eigenvalue weighted by molar-refractivity contribution is 6.13. The third-order valence-electron chi connectivity index (χ3n) is 5.79. The third kappa shape index (κ3) is 3.57. The zero-order valence-electron chi connectivity index (χ0n) is 17.7. The van der Waals surface area contributed by atoms with Gasteiger partial charge in [-0.1, -0.05) is 12.1 Å². The van der Waals surface area contributed by atoms with Gasteiger partial charge in [0.25, 0.3) is 5.91 Å². The molecule has 0 spiro atoms. The molecule has 4 rings (SSSR count). The summed E-state index contributed by atoms with van der Waals surface area (Å²) in [4.78, 5) is 36.5. The van der Waals surface area contributed by atoms with E-state index < -0.39 is 5.91 Å². The second kappa shape index (κ2) is 7.91. The molecule has 0 bridgehead atoms. The Morgan fingerprint density at radius 2 is 1.93 bits per heavy atom. The molecule has 0 atom stereocenters. The number of ketones is 1. The number of rotatable bonds is 6. The van der Waals surface area contributed by atoms with Crippen LogP contribution in [0.15, 0.2) is 30.6 Å². The van der Waals surface area contributed by atoms with Gasteiger partial charge in [-0.2, -0.15) is 0 Å². The molecule has 7 heteroatoms. The highest BCUT2D eigenvalue weighted by atomic mass is 16.1. The van der Waals surface area contributed by atoms with Crippen molar-refractivity contribution in [2.45, 2.75) is 19.3 Å². The minimum absolute atomic E-state index is 0.188. The average Bonchev–Trinajstić information content (AvgIpc) is 3.20. The number of primary amides is 1. The summed E-state index contributed by atoms with van der Waals surface area (Å²) in [5, 5.41) is 0. The molecule has 1 aromatic heterocycles. The fraction of sp³-hybridized carbons (Fsp3) is 0.348. The number of aromatic nitrogens is 2. The van der Waals surface area contributed by atoms with Crippen LogP contribution >= 0.6 is 0 Å². The Morgan fingerprint density at radius 3 is 2.67 bits per heavy atom. The highest BCUT2D eigenvalue weighted by Gasteiger charge is 2.23. The molecule has 7 nitrogen and oxygen atoms in total. The number of carbonyl (C=O) groups excluding carboxylic acids is 2. The lowest BCUT2D eigenvalue weighted by Gasteiger charge is -2.25. The maximum Gasteiger partial charge on any atom is 0.253 e. The number of hydrogen-bond acceptors (Lipinski definition) is 5. The third-order valence-corrected chi connectivity index (χ3v) is 5.79. The van der Waals surface area contributed by atoms with Gasteiger partial charge in [0.05, 0.1) is 28.6 Å². The van der Waals surface area contributed by atoms with Gasteiger partial charge in [0.1, 0.15) is 0 Å². The molecule has 0 saturated heterocycles. The van der Waals surface area contributed by atoms with Crippen molar-refractivity contribution in [1.29, 1.82) is 0 Å². The molecule has 1 aliphatic carbocycles. The van der Waals surface area contributed by atoms with Crippen molar-refractivity contribution < 1.29 is 9.59 Å². The van der Waals surface area contributed by atoms with Crippen molar-refractivity contribution in [3.05, 3.63) is 47.3 Å². The molecule has 0 saturated carbocycles. The van der Waals surface area contributed by atoms with E-state index >= 15 is 0 Å². The number of benzene rings is 2. The summed E-state index contributed by atoms with van der Waals surface area (Å²) in [6, 6.07) is 8.01. The van der Waals surface area contributed by atoms with Crippen molar-refractivity contribution >= 4 is 28.4 Å². The number of nitrogens with two attached hydrogens (primary N) is 1. The van der Waals surface area contributed by atoms with Gasteiger partial charge in [-0.25, -0.2) is 4.98 Å². The molecular weight excluding hydrogens is 378 g/mol. The molecule has 156 valence electrons. The highest BCUT2D eigenvalue weighted by Crippen LogP contribution is 2.37. The number of nitrogens with zero attached hydrogens (tertiary/aromatic N) is 3. The Morgan fingerprint density at radius 1 is 1.13 bits per heavy atom. The van der Waals surface area contributed by atoms with E-state index in [1.165, 1.54) is 0 Å². The van der Waals surface area contributed by atoms with Gasteiger partial charge in [-0.05, 0) is 50.2 Å². The van der Waals surface area contributed by atoms with Crippen molar-refractivity contribution in [2.75, 3.05) is 39.1 Å². The number of carbonyl (C=O) groups is 2. The fourth-order valence-electron chi connectivity index (χ4n) is 4.13. The number of hydrogen-bond donors (Lipinski definition) is 2. The molecule has 0 fully saturated rings. The zero-order chi connectivity index (χ0) is 21.4. The van der Waals surface area contributed by atoms with E-state index in [2.05, 4.69) is 14.9 Å². The van der Waals surface area contributed by atoms with Gasteiger partial charge >= 0.3 is 0 Å². The van der Waals surface area contributed by atoms with E-state index in [4.69, 9.17) is 5.73 Å². The summed E-state index contributed by atoms with van der Waals surface area (Å²) in [7, 11) is 5.97. The van der Waals surface area contributed by atoms with E-state index in [0.29, 0.717) is 23.0 Å². The van der Waals surface area contributed by atoms with Crippen LogP contribution in [0.5, 0.6) is 0 Å². The first kappa shape index (κ1) is 20.1. The summed E-state index contributed by atoms with van der Waals surface area (Å²) in [5.41, 5.74) is 11.9. The van der Waals surface area contributed by atoms with E-state index in [1.807, 2.05) is 50.3 Å². The van der Waals surface area contributed by atoms with Crippen molar-refractivity contribution in [2.24, 2.45) is 5.73 Å². The Balaban J connectivity index is 1.90. The van der Waals surface area contributed by atoms with Gasteiger partial charge in [0.2, 0.25) is 0 Å². The lowest BCUT2D eigenvalue weighted by atomic mass is 9.87. The second-order valence-electron chi connectivity index (χ2n) is 8.18. The standard InChI is InChI=1S/C23H27N5O2/c1-27(2)9-10-28(3)18-12-17(21-22(26-13-25-21)20(18)23(24)30)15-8-7-14-5-4-6-19(29)16(14)11-15/h7-8,11-13H,4-6,9-10H2,1-3H3,(H2,24,30)(H,25,26). The minimum atomic E-state index is -0.497. The van der Waals surface area contributed by atoms with Crippen LogP contribution in [0.1, 0.15) is 39.1 Å².